The Hall–Kier alpha value is -2.96. The van der Waals surface area contributed by atoms with Gasteiger partial charge in [-0.15, -0.1) is 0 Å². The highest BCUT2D eigenvalue weighted by Crippen LogP contribution is 2.42. The molecular formula is C22H14BrClN2O3. The van der Waals surface area contributed by atoms with Crippen molar-refractivity contribution in [1.29, 1.82) is 0 Å². The van der Waals surface area contributed by atoms with Crippen LogP contribution in [0.25, 0.3) is 5.76 Å². The number of hydrogen-bond acceptors (Lipinski definition) is 4. The minimum absolute atomic E-state index is 0.0264. The zero-order valence-corrected chi connectivity index (χ0v) is 17.3. The molecule has 0 spiro atoms. The van der Waals surface area contributed by atoms with Crippen molar-refractivity contribution in [1.82, 2.24) is 4.98 Å². The van der Waals surface area contributed by atoms with Crippen LogP contribution in [0, 0.1) is 0 Å². The molecule has 1 N–H and O–H groups in total. The topological polar surface area (TPSA) is 70.5 Å². The first-order valence-electron chi connectivity index (χ1n) is 8.70. The number of ketones is 1. The van der Waals surface area contributed by atoms with Gasteiger partial charge >= 0.3 is 0 Å². The van der Waals surface area contributed by atoms with Gasteiger partial charge in [0.1, 0.15) is 5.76 Å². The van der Waals surface area contributed by atoms with Crippen LogP contribution in [0.5, 0.6) is 0 Å². The summed E-state index contributed by atoms with van der Waals surface area (Å²) in [7, 11) is 0. The van der Waals surface area contributed by atoms with E-state index in [1.165, 1.54) is 4.90 Å². The molecule has 0 radical (unpaired) electrons. The van der Waals surface area contributed by atoms with E-state index in [1.807, 2.05) is 0 Å². The SMILES string of the molecule is O=C1C(=O)N(c2ccc(Cl)cc2)C(c2ccncc2)/C1=C(/O)c1ccc(Br)cc1. The molecule has 1 aliphatic heterocycles. The van der Waals surface area contributed by atoms with Crippen LogP contribution < -0.4 is 4.90 Å². The molecule has 2 heterocycles. The van der Waals surface area contributed by atoms with E-state index in [-0.39, 0.29) is 11.3 Å². The van der Waals surface area contributed by atoms with Crippen LogP contribution >= 0.6 is 27.5 Å². The average Bonchev–Trinajstić information content (AvgIpc) is 3.00. The Labute approximate surface area is 180 Å². The molecule has 144 valence electrons. The lowest BCUT2D eigenvalue weighted by atomic mass is 9.96. The van der Waals surface area contributed by atoms with E-state index in [0.717, 1.165) is 4.47 Å². The van der Waals surface area contributed by atoms with Gasteiger partial charge in [0.2, 0.25) is 0 Å². The number of aliphatic hydroxyl groups is 1. The molecule has 1 atom stereocenters. The highest BCUT2D eigenvalue weighted by Gasteiger charge is 2.46. The predicted molar refractivity (Wildman–Crippen MR) is 115 cm³/mol. The van der Waals surface area contributed by atoms with Crippen LogP contribution in [0.4, 0.5) is 5.69 Å². The second-order valence-electron chi connectivity index (χ2n) is 6.43. The smallest absolute Gasteiger partial charge is 0.300 e. The van der Waals surface area contributed by atoms with E-state index < -0.39 is 17.7 Å². The van der Waals surface area contributed by atoms with Crippen LogP contribution in [0.3, 0.4) is 0 Å². The Morgan fingerprint density at radius 1 is 0.966 bits per heavy atom. The summed E-state index contributed by atoms with van der Waals surface area (Å²) in [5, 5.41) is 11.5. The van der Waals surface area contributed by atoms with Crippen molar-refractivity contribution in [2.75, 3.05) is 4.90 Å². The summed E-state index contributed by atoms with van der Waals surface area (Å²) in [6, 6.07) is 16.1. The van der Waals surface area contributed by atoms with E-state index in [2.05, 4.69) is 20.9 Å². The third-order valence-corrected chi connectivity index (χ3v) is 5.47. The number of benzene rings is 2. The van der Waals surface area contributed by atoms with Crippen molar-refractivity contribution in [2.45, 2.75) is 6.04 Å². The van der Waals surface area contributed by atoms with Crippen molar-refractivity contribution in [3.05, 3.63) is 99.3 Å². The number of rotatable bonds is 3. The van der Waals surface area contributed by atoms with Gasteiger partial charge in [0.25, 0.3) is 11.7 Å². The molecule has 5 nitrogen and oxygen atoms in total. The Morgan fingerprint density at radius 2 is 1.59 bits per heavy atom. The van der Waals surface area contributed by atoms with Crippen molar-refractivity contribution >= 4 is 50.7 Å². The quantitative estimate of drug-likeness (QED) is 0.328. The molecule has 1 aromatic heterocycles. The molecule has 3 aromatic rings. The van der Waals surface area contributed by atoms with Gasteiger partial charge in [0.15, 0.2) is 0 Å². The second kappa shape index (κ2) is 7.81. The molecule has 0 saturated carbocycles. The molecule has 1 aliphatic rings. The largest absolute Gasteiger partial charge is 0.507 e. The molecular weight excluding hydrogens is 456 g/mol. The van der Waals surface area contributed by atoms with Gasteiger partial charge in [0.05, 0.1) is 11.6 Å². The lowest BCUT2D eigenvalue weighted by Gasteiger charge is -2.25. The van der Waals surface area contributed by atoms with Crippen molar-refractivity contribution in [2.24, 2.45) is 0 Å². The van der Waals surface area contributed by atoms with E-state index in [4.69, 9.17) is 11.6 Å². The number of Topliss-reactive ketones (excluding diaryl/α,β-unsaturated/α-hetero) is 1. The van der Waals surface area contributed by atoms with Crippen LogP contribution in [0.15, 0.2) is 83.1 Å². The standard InChI is InChI=1S/C22H14BrClN2O3/c23-15-3-1-14(2-4-15)20(27)18-19(13-9-11-25-12-10-13)26(22(29)21(18)28)17-7-5-16(24)6-8-17/h1-12,19,27H/b20-18-. The number of hydrogen-bond donors (Lipinski definition) is 1. The number of carbonyl (C=O) groups excluding carboxylic acids is 2. The van der Waals surface area contributed by atoms with E-state index in [0.29, 0.717) is 21.8 Å². The molecule has 1 fully saturated rings. The van der Waals surface area contributed by atoms with Gasteiger partial charge in [-0.3, -0.25) is 19.5 Å². The lowest BCUT2D eigenvalue weighted by molar-refractivity contribution is -0.132. The van der Waals surface area contributed by atoms with Crippen LogP contribution in [-0.2, 0) is 9.59 Å². The van der Waals surface area contributed by atoms with E-state index in [9.17, 15) is 14.7 Å². The Kier molecular flexibility index (Phi) is 5.22. The Bertz CT molecular complexity index is 1110. The minimum Gasteiger partial charge on any atom is -0.507 e. The van der Waals surface area contributed by atoms with Gasteiger partial charge in [-0.1, -0.05) is 39.7 Å². The summed E-state index contributed by atoms with van der Waals surface area (Å²) >= 11 is 9.33. The van der Waals surface area contributed by atoms with Crippen molar-refractivity contribution in [3.8, 4) is 0 Å². The minimum atomic E-state index is -0.789. The first-order valence-corrected chi connectivity index (χ1v) is 9.87. The van der Waals surface area contributed by atoms with Gasteiger partial charge in [-0.05, 0) is 54.1 Å². The maximum atomic E-state index is 13.0. The van der Waals surface area contributed by atoms with Gasteiger partial charge in [-0.25, -0.2) is 0 Å². The first-order chi connectivity index (χ1) is 14.0. The fourth-order valence-electron chi connectivity index (χ4n) is 3.32. The highest BCUT2D eigenvalue weighted by molar-refractivity contribution is 9.10. The summed E-state index contributed by atoms with van der Waals surface area (Å²) in [6.07, 6.45) is 3.16. The number of amides is 1. The van der Waals surface area contributed by atoms with Crippen LogP contribution in [0.1, 0.15) is 17.2 Å². The number of halogens is 2. The molecule has 1 amide bonds. The fraction of sp³-hybridized carbons (Fsp3) is 0.0455. The maximum absolute atomic E-state index is 13.0. The van der Waals surface area contributed by atoms with Crippen molar-refractivity contribution < 1.29 is 14.7 Å². The molecule has 29 heavy (non-hydrogen) atoms. The highest BCUT2D eigenvalue weighted by atomic mass is 79.9. The molecule has 1 saturated heterocycles. The number of pyridine rings is 1. The second-order valence-corrected chi connectivity index (χ2v) is 7.79. The zero-order valence-electron chi connectivity index (χ0n) is 14.9. The average molecular weight is 470 g/mol. The Balaban J connectivity index is 1.93. The first kappa shape index (κ1) is 19.4. The van der Waals surface area contributed by atoms with Crippen LogP contribution in [0.2, 0.25) is 5.02 Å². The van der Waals surface area contributed by atoms with Crippen molar-refractivity contribution in [3.63, 3.8) is 0 Å². The van der Waals surface area contributed by atoms with Gasteiger partial charge < -0.3 is 5.11 Å². The molecule has 4 rings (SSSR count). The van der Waals surface area contributed by atoms with E-state index >= 15 is 0 Å². The normalized spacial score (nSPS) is 18.3. The molecule has 2 aromatic carbocycles. The monoisotopic (exact) mass is 468 g/mol. The number of nitrogens with zero attached hydrogens (tertiary/aromatic N) is 2. The number of aliphatic hydroxyl groups excluding tert-OH is 1. The molecule has 7 heteroatoms. The number of aromatic nitrogens is 1. The molecule has 0 aliphatic carbocycles. The Morgan fingerprint density at radius 3 is 2.21 bits per heavy atom. The lowest BCUT2D eigenvalue weighted by Crippen LogP contribution is -2.29. The van der Waals surface area contributed by atoms with Crippen LogP contribution in [-0.4, -0.2) is 21.8 Å². The van der Waals surface area contributed by atoms with Gasteiger partial charge in [0, 0.05) is 33.1 Å². The predicted octanol–water partition coefficient (Wildman–Crippen LogP) is 5.12. The summed E-state index contributed by atoms with van der Waals surface area (Å²) in [5.41, 5.74) is 1.64. The molecule has 0 bridgehead atoms. The number of anilines is 1. The number of carbonyl (C=O) groups is 2. The molecule has 1 unspecified atom stereocenters. The summed E-state index contributed by atoms with van der Waals surface area (Å²) in [5.74, 6) is -1.69. The summed E-state index contributed by atoms with van der Waals surface area (Å²) in [4.78, 5) is 31.3. The van der Waals surface area contributed by atoms with E-state index in [1.54, 1.807) is 73.1 Å². The summed E-state index contributed by atoms with van der Waals surface area (Å²) < 4.78 is 0.835. The third kappa shape index (κ3) is 3.57. The summed E-state index contributed by atoms with van der Waals surface area (Å²) in [6.45, 7) is 0. The fourth-order valence-corrected chi connectivity index (χ4v) is 3.72. The van der Waals surface area contributed by atoms with Gasteiger partial charge in [-0.2, -0.15) is 0 Å². The third-order valence-electron chi connectivity index (χ3n) is 4.69. The maximum Gasteiger partial charge on any atom is 0.300 e. The zero-order chi connectivity index (χ0) is 20.5.